The van der Waals surface area contributed by atoms with Crippen LogP contribution in [0.25, 0.3) is 0 Å². The summed E-state index contributed by atoms with van der Waals surface area (Å²) < 4.78 is 0. The van der Waals surface area contributed by atoms with Crippen molar-refractivity contribution < 1.29 is 0 Å². The molecule has 1 saturated heterocycles. The molecule has 0 spiro atoms. The van der Waals surface area contributed by atoms with Gasteiger partial charge in [-0.05, 0) is 51.1 Å². The molecule has 2 unspecified atom stereocenters. The Morgan fingerprint density at radius 1 is 1.29 bits per heavy atom. The zero-order valence-electron chi connectivity index (χ0n) is 8.97. The molecule has 0 aromatic carbocycles. The normalized spacial score (nSPS) is 33.1. The van der Waals surface area contributed by atoms with E-state index in [1.54, 1.807) is 0 Å². The summed E-state index contributed by atoms with van der Waals surface area (Å²) in [4.78, 5) is 0. The Morgan fingerprint density at radius 3 is 3.00 bits per heavy atom. The molecule has 0 aromatic rings. The van der Waals surface area contributed by atoms with Crippen molar-refractivity contribution in [3.63, 3.8) is 0 Å². The van der Waals surface area contributed by atoms with Gasteiger partial charge in [0.15, 0.2) is 0 Å². The summed E-state index contributed by atoms with van der Waals surface area (Å²) in [5, 5.41) is 7.14. The molecule has 2 rings (SSSR count). The van der Waals surface area contributed by atoms with Crippen molar-refractivity contribution in [3.05, 3.63) is 12.2 Å². The van der Waals surface area contributed by atoms with E-state index in [9.17, 15) is 0 Å². The minimum Gasteiger partial charge on any atom is -0.315 e. The fourth-order valence-electron chi connectivity index (χ4n) is 2.40. The summed E-state index contributed by atoms with van der Waals surface area (Å²) in [6.07, 6.45) is 11.3. The van der Waals surface area contributed by atoms with Crippen LogP contribution in [0.1, 0.15) is 32.1 Å². The lowest BCUT2D eigenvalue weighted by atomic mass is 9.94. The van der Waals surface area contributed by atoms with Gasteiger partial charge >= 0.3 is 0 Å². The highest BCUT2D eigenvalue weighted by molar-refractivity contribution is 4.91. The fourth-order valence-corrected chi connectivity index (χ4v) is 2.40. The topological polar surface area (TPSA) is 24.1 Å². The van der Waals surface area contributed by atoms with Crippen molar-refractivity contribution >= 4 is 0 Å². The lowest BCUT2D eigenvalue weighted by Gasteiger charge is -2.27. The summed E-state index contributed by atoms with van der Waals surface area (Å²) in [6.45, 7) is 3.60. The number of allylic oxidation sites excluding steroid dienone is 2. The van der Waals surface area contributed by atoms with E-state index < -0.39 is 0 Å². The standard InChI is InChI=1S/C12H22N2/c1-2-5-11(6-3-1)9-14-12-7-4-8-13-10-12/h1-2,11-14H,3-10H2. The Bertz CT molecular complexity index is 183. The number of piperidine rings is 1. The third-order valence-electron chi connectivity index (χ3n) is 3.37. The molecule has 0 aromatic heterocycles. The van der Waals surface area contributed by atoms with E-state index in [-0.39, 0.29) is 0 Å². The summed E-state index contributed by atoms with van der Waals surface area (Å²) >= 11 is 0. The minimum atomic E-state index is 0.731. The fraction of sp³-hybridized carbons (Fsp3) is 0.833. The second-order valence-electron chi connectivity index (χ2n) is 4.60. The van der Waals surface area contributed by atoms with Gasteiger partial charge < -0.3 is 10.6 Å². The molecule has 1 aliphatic heterocycles. The van der Waals surface area contributed by atoms with Gasteiger partial charge in [0, 0.05) is 12.6 Å². The first-order valence-corrected chi connectivity index (χ1v) is 6.04. The van der Waals surface area contributed by atoms with E-state index >= 15 is 0 Å². The molecule has 2 N–H and O–H groups in total. The molecule has 2 aliphatic rings. The molecule has 0 radical (unpaired) electrons. The average Bonchev–Trinajstić information content (AvgIpc) is 2.29. The van der Waals surface area contributed by atoms with E-state index in [2.05, 4.69) is 22.8 Å². The average molecular weight is 194 g/mol. The smallest absolute Gasteiger partial charge is 0.0193 e. The molecule has 0 saturated carbocycles. The van der Waals surface area contributed by atoms with Gasteiger partial charge in [0.1, 0.15) is 0 Å². The Hall–Kier alpha value is -0.340. The predicted molar refractivity (Wildman–Crippen MR) is 60.4 cm³/mol. The Labute approximate surface area is 87.2 Å². The molecule has 14 heavy (non-hydrogen) atoms. The molecular weight excluding hydrogens is 172 g/mol. The van der Waals surface area contributed by atoms with E-state index in [0.29, 0.717) is 0 Å². The van der Waals surface area contributed by atoms with Gasteiger partial charge in [-0.2, -0.15) is 0 Å². The largest absolute Gasteiger partial charge is 0.315 e. The third-order valence-corrected chi connectivity index (χ3v) is 3.37. The Kier molecular flexibility index (Phi) is 4.02. The number of rotatable bonds is 3. The van der Waals surface area contributed by atoms with Crippen LogP contribution in [0.15, 0.2) is 12.2 Å². The number of hydrogen-bond donors (Lipinski definition) is 2. The van der Waals surface area contributed by atoms with Crippen LogP contribution in [0, 0.1) is 5.92 Å². The van der Waals surface area contributed by atoms with Crippen LogP contribution in [-0.2, 0) is 0 Å². The molecule has 80 valence electrons. The summed E-state index contributed by atoms with van der Waals surface area (Å²) in [5.41, 5.74) is 0. The predicted octanol–water partition coefficient (Wildman–Crippen LogP) is 1.68. The molecule has 2 heteroatoms. The molecule has 2 atom stereocenters. The highest BCUT2D eigenvalue weighted by Crippen LogP contribution is 2.17. The highest BCUT2D eigenvalue weighted by atomic mass is 15.0. The van der Waals surface area contributed by atoms with E-state index in [0.717, 1.165) is 12.0 Å². The molecule has 1 heterocycles. The van der Waals surface area contributed by atoms with Gasteiger partial charge in [0.05, 0.1) is 0 Å². The van der Waals surface area contributed by atoms with Crippen LogP contribution in [0.2, 0.25) is 0 Å². The van der Waals surface area contributed by atoms with Crippen molar-refractivity contribution in [1.82, 2.24) is 10.6 Å². The van der Waals surface area contributed by atoms with Gasteiger partial charge in [-0.25, -0.2) is 0 Å². The van der Waals surface area contributed by atoms with Crippen LogP contribution in [0.4, 0.5) is 0 Å². The molecular formula is C12H22N2. The monoisotopic (exact) mass is 194 g/mol. The van der Waals surface area contributed by atoms with Crippen LogP contribution >= 0.6 is 0 Å². The summed E-state index contributed by atoms with van der Waals surface area (Å²) in [7, 11) is 0. The van der Waals surface area contributed by atoms with Crippen molar-refractivity contribution in [2.45, 2.75) is 38.1 Å². The quantitative estimate of drug-likeness (QED) is 0.668. The van der Waals surface area contributed by atoms with Crippen molar-refractivity contribution in [3.8, 4) is 0 Å². The molecule has 2 nitrogen and oxygen atoms in total. The summed E-state index contributed by atoms with van der Waals surface area (Å²) in [5.74, 6) is 0.891. The van der Waals surface area contributed by atoms with Crippen molar-refractivity contribution in [1.29, 1.82) is 0 Å². The number of nitrogens with one attached hydrogen (secondary N) is 2. The van der Waals surface area contributed by atoms with E-state index in [1.165, 1.54) is 51.7 Å². The van der Waals surface area contributed by atoms with Gasteiger partial charge in [0.25, 0.3) is 0 Å². The first-order chi connectivity index (χ1) is 6.95. The third kappa shape index (κ3) is 3.10. The van der Waals surface area contributed by atoms with Crippen molar-refractivity contribution in [2.24, 2.45) is 5.92 Å². The first-order valence-electron chi connectivity index (χ1n) is 6.04. The van der Waals surface area contributed by atoms with Crippen LogP contribution in [0.5, 0.6) is 0 Å². The molecule has 0 amide bonds. The minimum absolute atomic E-state index is 0.731. The maximum Gasteiger partial charge on any atom is 0.0193 e. The van der Waals surface area contributed by atoms with E-state index in [4.69, 9.17) is 0 Å². The molecule has 0 bridgehead atoms. The Balaban J connectivity index is 1.63. The zero-order chi connectivity index (χ0) is 9.64. The van der Waals surface area contributed by atoms with Gasteiger partial charge in [-0.3, -0.25) is 0 Å². The second-order valence-corrected chi connectivity index (χ2v) is 4.60. The maximum atomic E-state index is 3.69. The maximum absolute atomic E-state index is 3.69. The lowest BCUT2D eigenvalue weighted by molar-refractivity contribution is 0.349. The molecule has 1 fully saturated rings. The van der Waals surface area contributed by atoms with Crippen LogP contribution in [-0.4, -0.2) is 25.7 Å². The second kappa shape index (κ2) is 5.52. The first kappa shape index (κ1) is 10.2. The van der Waals surface area contributed by atoms with Gasteiger partial charge in [-0.15, -0.1) is 0 Å². The van der Waals surface area contributed by atoms with Crippen LogP contribution in [0.3, 0.4) is 0 Å². The lowest BCUT2D eigenvalue weighted by Crippen LogP contribution is -2.44. The van der Waals surface area contributed by atoms with Crippen molar-refractivity contribution in [2.75, 3.05) is 19.6 Å². The number of hydrogen-bond acceptors (Lipinski definition) is 2. The highest BCUT2D eigenvalue weighted by Gasteiger charge is 2.15. The van der Waals surface area contributed by atoms with Gasteiger partial charge in [-0.1, -0.05) is 12.2 Å². The van der Waals surface area contributed by atoms with Gasteiger partial charge in [0.2, 0.25) is 0 Å². The Morgan fingerprint density at radius 2 is 2.29 bits per heavy atom. The van der Waals surface area contributed by atoms with E-state index in [1.807, 2.05) is 0 Å². The summed E-state index contributed by atoms with van der Waals surface area (Å²) in [6, 6.07) is 0.731. The van der Waals surface area contributed by atoms with Crippen LogP contribution < -0.4 is 10.6 Å². The zero-order valence-corrected chi connectivity index (χ0v) is 8.97. The SMILES string of the molecule is C1=CCC(CNC2CCCNC2)CC1. The molecule has 1 aliphatic carbocycles.